The van der Waals surface area contributed by atoms with Crippen molar-refractivity contribution in [2.24, 2.45) is 5.92 Å². The van der Waals surface area contributed by atoms with Crippen molar-refractivity contribution in [3.63, 3.8) is 0 Å². The number of rotatable bonds is 8. The van der Waals surface area contributed by atoms with Crippen LogP contribution >= 0.6 is 0 Å². The lowest BCUT2D eigenvalue weighted by atomic mass is 9.82. The molecule has 1 N–H and O–H groups in total. The zero-order valence-electron chi connectivity index (χ0n) is 18.0. The highest BCUT2D eigenvalue weighted by Crippen LogP contribution is 2.38. The third-order valence-electron chi connectivity index (χ3n) is 6.26. The van der Waals surface area contributed by atoms with Crippen LogP contribution in [0.5, 0.6) is 0 Å². The fraction of sp³-hybridized carbons (Fsp3) is 0.385. The molecule has 0 saturated heterocycles. The standard InChI is InChI=1S/C26H30N2O3/c1-28(16-7-17-29)26(30)20-12-14-22(15-13-20)27-25(19-8-3-2-4-9-19)24-18-21-10-5-6-11-23(21)31-24/h5-6,10-15,17-19,25,27H,2-4,7-9,16H2,1H3. The smallest absolute Gasteiger partial charge is 0.253 e. The third kappa shape index (κ3) is 4.98. The quantitative estimate of drug-likeness (QED) is 0.468. The number of carbonyl (C=O) groups excluding carboxylic acids is 2. The van der Waals surface area contributed by atoms with Gasteiger partial charge in [-0.25, -0.2) is 0 Å². The number of anilines is 1. The van der Waals surface area contributed by atoms with Gasteiger partial charge in [0.2, 0.25) is 0 Å². The van der Waals surface area contributed by atoms with E-state index in [0.29, 0.717) is 24.4 Å². The molecule has 1 aromatic heterocycles. The van der Waals surface area contributed by atoms with Crippen LogP contribution in [0.1, 0.15) is 60.7 Å². The van der Waals surface area contributed by atoms with E-state index in [1.807, 2.05) is 42.5 Å². The molecule has 1 atom stereocenters. The van der Waals surface area contributed by atoms with Gasteiger partial charge in [0.15, 0.2) is 0 Å². The molecule has 0 bridgehead atoms. The Morgan fingerprint density at radius 1 is 1.13 bits per heavy atom. The monoisotopic (exact) mass is 418 g/mol. The fourth-order valence-corrected chi connectivity index (χ4v) is 4.50. The van der Waals surface area contributed by atoms with Gasteiger partial charge in [-0.2, -0.15) is 0 Å². The van der Waals surface area contributed by atoms with Gasteiger partial charge in [-0.05, 0) is 55.2 Å². The number of hydrogen-bond acceptors (Lipinski definition) is 4. The molecule has 0 aliphatic heterocycles. The van der Waals surface area contributed by atoms with Crippen LogP contribution in [0.4, 0.5) is 5.69 Å². The van der Waals surface area contributed by atoms with E-state index in [1.165, 1.54) is 32.1 Å². The van der Waals surface area contributed by atoms with Crippen molar-refractivity contribution in [2.75, 3.05) is 18.9 Å². The van der Waals surface area contributed by atoms with Crippen molar-refractivity contribution >= 4 is 28.8 Å². The average Bonchev–Trinajstić information content (AvgIpc) is 3.25. The van der Waals surface area contributed by atoms with Gasteiger partial charge in [-0.15, -0.1) is 0 Å². The molecule has 1 fully saturated rings. The van der Waals surface area contributed by atoms with Crippen molar-refractivity contribution in [1.82, 2.24) is 4.90 Å². The normalized spacial score (nSPS) is 15.5. The van der Waals surface area contributed by atoms with E-state index in [9.17, 15) is 9.59 Å². The Morgan fingerprint density at radius 3 is 2.58 bits per heavy atom. The molecule has 1 saturated carbocycles. The van der Waals surface area contributed by atoms with Crippen LogP contribution in [0.25, 0.3) is 11.0 Å². The first-order valence-electron chi connectivity index (χ1n) is 11.2. The van der Waals surface area contributed by atoms with Crippen LogP contribution in [0.15, 0.2) is 59.0 Å². The van der Waals surface area contributed by atoms with Crippen molar-refractivity contribution < 1.29 is 14.0 Å². The molecule has 1 aliphatic carbocycles. The molecule has 5 heteroatoms. The highest BCUT2D eigenvalue weighted by molar-refractivity contribution is 5.94. The molecule has 4 rings (SSSR count). The molecule has 162 valence electrons. The predicted molar refractivity (Wildman–Crippen MR) is 123 cm³/mol. The molecule has 3 aromatic rings. The van der Waals surface area contributed by atoms with E-state index in [1.54, 1.807) is 11.9 Å². The first-order valence-corrected chi connectivity index (χ1v) is 11.2. The number of aldehydes is 1. The Kier molecular flexibility index (Phi) is 6.70. The van der Waals surface area contributed by atoms with Gasteiger partial charge in [0, 0.05) is 36.7 Å². The van der Waals surface area contributed by atoms with E-state index in [-0.39, 0.29) is 11.9 Å². The topological polar surface area (TPSA) is 62.6 Å². The number of amides is 1. The predicted octanol–water partition coefficient (Wildman–Crippen LogP) is 5.83. The van der Waals surface area contributed by atoms with Crippen molar-refractivity contribution in [2.45, 2.75) is 44.6 Å². The molecule has 0 radical (unpaired) electrons. The van der Waals surface area contributed by atoms with E-state index in [4.69, 9.17) is 4.42 Å². The Morgan fingerprint density at radius 2 is 1.87 bits per heavy atom. The molecule has 5 nitrogen and oxygen atoms in total. The second kappa shape index (κ2) is 9.82. The number of benzene rings is 2. The van der Waals surface area contributed by atoms with Crippen molar-refractivity contribution in [1.29, 1.82) is 0 Å². The lowest BCUT2D eigenvalue weighted by Gasteiger charge is -2.30. The van der Waals surface area contributed by atoms with Gasteiger partial charge in [0.25, 0.3) is 5.91 Å². The summed E-state index contributed by atoms with van der Waals surface area (Å²) in [6.07, 6.45) is 7.37. The number of nitrogens with zero attached hydrogens (tertiary/aromatic N) is 1. The van der Waals surface area contributed by atoms with Gasteiger partial charge in [0.1, 0.15) is 17.6 Å². The third-order valence-corrected chi connectivity index (χ3v) is 6.26. The fourth-order valence-electron chi connectivity index (χ4n) is 4.50. The summed E-state index contributed by atoms with van der Waals surface area (Å²) < 4.78 is 6.23. The summed E-state index contributed by atoms with van der Waals surface area (Å²) in [6, 6.07) is 18.0. The maximum absolute atomic E-state index is 12.5. The van der Waals surface area contributed by atoms with E-state index in [0.717, 1.165) is 28.7 Å². The Bertz CT molecular complexity index is 986. The van der Waals surface area contributed by atoms with Gasteiger partial charge in [-0.3, -0.25) is 4.79 Å². The molecule has 1 aliphatic rings. The minimum Gasteiger partial charge on any atom is -0.459 e. The van der Waals surface area contributed by atoms with Crippen molar-refractivity contribution in [3.05, 3.63) is 65.9 Å². The van der Waals surface area contributed by atoms with E-state index < -0.39 is 0 Å². The molecule has 1 amide bonds. The molecule has 2 aromatic carbocycles. The zero-order valence-corrected chi connectivity index (χ0v) is 18.0. The Balaban J connectivity index is 1.54. The first kappa shape index (κ1) is 21.2. The van der Waals surface area contributed by atoms with E-state index in [2.05, 4.69) is 17.4 Å². The molecule has 1 unspecified atom stereocenters. The number of nitrogens with one attached hydrogen (secondary N) is 1. The number of furan rings is 1. The van der Waals surface area contributed by atoms with Crippen LogP contribution in [-0.2, 0) is 4.79 Å². The summed E-state index contributed by atoms with van der Waals surface area (Å²) in [4.78, 5) is 24.7. The van der Waals surface area contributed by atoms with E-state index >= 15 is 0 Å². The molecular formula is C26H30N2O3. The molecule has 31 heavy (non-hydrogen) atoms. The minimum atomic E-state index is -0.0745. The molecular weight excluding hydrogens is 388 g/mol. The number of para-hydroxylation sites is 1. The summed E-state index contributed by atoms with van der Waals surface area (Å²) in [7, 11) is 1.72. The first-order chi connectivity index (χ1) is 15.2. The maximum atomic E-state index is 12.5. The Hall–Kier alpha value is -3.08. The summed E-state index contributed by atoms with van der Waals surface area (Å²) in [6.45, 7) is 0.429. The molecule has 0 spiro atoms. The number of carbonyl (C=O) groups is 2. The largest absolute Gasteiger partial charge is 0.459 e. The zero-order chi connectivity index (χ0) is 21.6. The second-order valence-corrected chi connectivity index (χ2v) is 8.47. The van der Waals surface area contributed by atoms with Gasteiger partial charge in [-0.1, -0.05) is 37.5 Å². The van der Waals surface area contributed by atoms with Gasteiger partial charge < -0.3 is 19.4 Å². The average molecular weight is 419 g/mol. The van der Waals surface area contributed by atoms with Gasteiger partial charge in [0.05, 0.1) is 6.04 Å². The number of fused-ring (bicyclic) bond motifs is 1. The van der Waals surface area contributed by atoms with Crippen LogP contribution < -0.4 is 5.32 Å². The molecule has 1 heterocycles. The highest BCUT2D eigenvalue weighted by Gasteiger charge is 2.28. The van der Waals surface area contributed by atoms with Crippen LogP contribution in [0.3, 0.4) is 0 Å². The summed E-state index contributed by atoms with van der Waals surface area (Å²) in [5, 5.41) is 4.82. The van der Waals surface area contributed by atoms with Crippen LogP contribution in [0.2, 0.25) is 0 Å². The van der Waals surface area contributed by atoms with Gasteiger partial charge >= 0.3 is 0 Å². The summed E-state index contributed by atoms with van der Waals surface area (Å²) in [5.74, 6) is 1.42. The summed E-state index contributed by atoms with van der Waals surface area (Å²) in [5.41, 5.74) is 2.51. The second-order valence-electron chi connectivity index (χ2n) is 8.47. The van der Waals surface area contributed by atoms with Crippen molar-refractivity contribution in [3.8, 4) is 0 Å². The number of hydrogen-bond donors (Lipinski definition) is 1. The lowest BCUT2D eigenvalue weighted by Crippen LogP contribution is -2.28. The Labute approximate surface area is 183 Å². The van der Waals surface area contributed by atoms with Crippen LogP contribution in [-0.4, -0.2) is 30.7 Å². The minimum absolute atomic E-state index is 0.0745. The SMILES string of the molecule is CN(CCC=O)C(=O)c1ccc(NC(c2cc3ccccc3o2)C2CCCCC2)cc1. The maximum Gasteiger partial charge on any atom is 0.253 e. The van der Waals surface area contributed by atoms with Crippen LogP contribution in [0, 0.1) is 5.92 Å². The lowest BCUT2D eigenvalue weighted by molar-refractivity contribution is -0.108. The summed E-state index contributed by atoms with van der Waals surface area (Å²) >= 11 is 0. The highest BCUT2D eigenvalue weighted by atomic mass is 16.3.